The van der Waals surface area contributed by atoms with Gasteiger partial charge in [-0.2, -0.15) is 0 Å². The molecule has 0 radical (unpaired) electrons. The minimum atomic E-state index is -0.249. The van der Waals surface area contributed by atoms with Crippen LogP contribution in [0.5, 0.6) is 5.75 Å². The van der Waals surface area contributed by atoms with E-state index >= 15 is 0 Å². The van der Waals surface area contributed by atoms with Gasteiger partial charge >= 0.3 is 0 Å². The lowest BCUT2D eigenvalue weighted by molar-refractivity contribution is 0.0124. The summed E-state index contributed by atoms with van der Waals surface area (Å²) >= 11 is 0. The van der Waals surface area contributed by atoms with Crippen LogP contribution in [0, 0.1) is 0 Å². The van der Waals surface area contributed by atoms with E-state index in [2.05, 4.69) is 4.90 Å². The van der Waals surface area contributed by atoms with Crippen molar-refractivity contribution in [2.24, 2.45) is 0 Å². The Balaban J connectivity index is 1.78. The molecular weight excluding hydrogens is 284 g/mol. The van der Waals surface area contributed by atoms with Crippen LogP contribution in [0.25, 0.3) is 0 Å². The maximum absolute atomic E-state index is 12.5. The van der Waals surface area contributed by atoms with Gasteiger partial charge in [-0.15, -0.1) is 0 Å². The molecule has 22 heavy (non-hydrogen) atoms. The summed E-state index contributed by atoms with van der Waals surface area (Å²) in [5, 5.41) is 0. The van der Waals surface area contributed by atoms with E-state index in [9.17, 15) is 9.59 Å². The normalized spacial score (nSPS) is 19.0. The van der Waals surface area contributed by atoms with Gasteiger partial charge in [0.15, 0.2) is 0 Å². The second kappa shape index (κ2) is 6.06. The van der Waals surface area contributed by atoms with Crippen LogP contribution in [0.3, 0.4) is 0 Å². The van der Waals surface area contributed by atoms with Crippen molar-refractivity contribution in [3.8, 4) is 5.75 Å². The van der Waals surface area contributed by atoms with E-state index in [0.29, 0.717) is 36.8 Å². The number of carbonyl (C=O) groups excluding carboxylic acids is 2. The molecule has 3 rings (SSSR count). The van der Waals surface area contributed by atoms with Crippen LogP contribution in [-0.4, -0.2) is 60.7 Å². The van der Waals surface area contributed by atoms with Crippen molar-refractivity contribution in [1.29, 1.82) is 0 Å². The fraction of sp³-hybridized carbons (Fsp3) is 0.500. The molecular formula is C16H20N2O4. The average molecular weight is 304 g/mol. The molecule has 6 heteroatoms. The molecule has 0 saturated carbocycles. The maximum Gasteiger partial charge on any atom is 0.262 e. The number of rotatable bonds is 4. The number of ether oxygens (including phenoxy) is 2. The maximum atomic E-state index is 12.5. The summed E-state index contributed by atoms with van der Waals surface area (Å²) in [5.74, 6) is 0.131. The first-order chi connectivity index (χ1) is 10.6. The van der Waals surface area contributed by atoms with Gasteiger partial charge < -0.3 is 9.47 Å². The highest BCUT2D eigenvalue weighted by Gasteiger charge is 2.36. The highest BCUT2D eigenvalue weighted by atomic mass is 16.5. The van der Waals surface area contributed by atoms with Crippen LogP contribution in [-0.2, 0) is 4.74 Å². The van der Waals surface area contributed by atoms with E-state index in [1.807, 2.05) is 13.8 Å². The van der Waals surface area contributed by atoms with E-state index in [0.717, 1.165) is 13.1 Å². The molecule has 6 nitrogen and oxygen atoms in total. The summed E-state index contributed by atoms with van der Waals surface area (Å²) in [6, 6.07) is 5.07. The van der Waals surface area contributed by atoms with Crippen LogP contribution in [0.2, 0.25) is 0 Å². The van der Waals surface area contributed by atoms with Gasteiger partial charge in [-0.3, -0.25) is 19.4 Å². The number of benzene rings is 1. The molecule has 0 spiro atoms. The zero-order valence-corrected chi connectivity index (χ0v) is 12.9. The number of hydrogen-bond donors (Lipinski definition) is 0. The SMILES string of the molecule is CC(C)Oc1ccc2c(c1)C(=O)N(CN1CCOCC1)C2=O. The predicted molar refractivity (Wildman–Crippen MR) is 80.0 cm³/mol. The zero-order chi connectivity index (χ0) is 15.7. The summed E-state index contributed by atoms with van der Waals surface area (Å²) in [4.78, 5) is 28.3. The van der Waals surface area contributed by atoms with E-state index in [4.69, 9.17) is 9.47 Å². The van der Waals surface area contributed by atoms with E-state index in [-0.39, 0.29) is 17.9 Å². The number of morpholine rings is 1. The number of amides is 2. The van der Waals surface area contributed by atoms with Crippen molar-refractivity contribution in [1.82, 2.24) is 9.80 Å². The number of nitrogens with zero attached hydrogens (tertiary/aromatic N) is 2. The third kappa shape index (κ3) is 2.84. The molecule has 0 unspecified atom stereocenters. The van der Waals surface area contributed by atoms with Gasteiger partial charge in [-0.1, -0.05) is 0 Å². The molecule has 0 N–H and O–H groups in total. The molecule has 0 bridgehead atoms. The van der Waals surface area contributed by atoms with Crippen LogP contribution in [0.4, 0.5) is 0 Å². The summed E-state index contributed by atoms with van der Waals surface area (Å²) in [6.07, 6.45) is 0.0229. The van der Waals surface area contributed by atoms with Crippen LogP contribution < -0.4 is 4.74 Å². The topological polar surface area (TPSA) is 59.1 Å². The first-order valence-corrected chi connectivity index (χ1v) is 7.53. The van der Waals surface area contributed by atoms with Gasteiger partial charge in [-0.25, -0.2) is 0 Å². The lowest BCUT2D eigenvalue weighted by Crippen LogP contribution is -2.46. The predicted octanol–water partition coefficient (Wildman–Crippen LogP) is 1.36. The fourth-order valence-corrected chi connectivity index (χ4v) is 2.69. The second-order valence-corrected chi connectivity index (χ2v) is 5.78. The van der Waals surface area contributed by atoms with E-state index < -0.39 is 0 Å². The Hall–Kier alpha value is -1.92. The molecule has 2 aliphatic rings. The van der Waals surface area contributed by atoms with Gasteiger partial charge in [0.05, 0.1) is 37.1 Å². The Labute approximate surface area is 129 Å². The molecule has 2 aliphatic heterocycles. The molecule has 0 atom stereocenters. The largest absolute Gasteiger partial charge is 0.491 e. The number of imide groups is 1. The quantitative estimate of drug-likeness (QED) is 0.786. The summed E-state index contributed by atoms with van der Waals surface area (Å²) in [5.41, 5.74) is 0.880. The molecule has 0 aromatic heterocycles. The first kappa shape index (κ1) is 15.0. The Kier molecular flexibility index (Phi) is 4.13. The van der Waals surface area contributed by atoms with E-state index in [1.165, 1.54) is 4.90 Å². The van der Waals surface area contributed by atoms with Crippen LogP contribution >= 0.6 is 0 Å². The molecule has 0 aliphatic carbocycles. The second-order valence-electron chi connectivity index (χ2n) is 5.78. The van der Waals surface area contributed by atoms with Gasteiger partial charge in [0, 0.05) is 13.1 Å². The number of hydrogen-bond acceptors (Lipinski definition) is 5. The van der Waals surface area contributed by atoms with Crippen molar-refractivity contribution < 1.29 is 19.1 Å². The van der Waals surface area contributed by atoms with Gasteiger partial charge in [-0.05, 0) is 32.0 Å². The Morgan fingerprint density at radius 3 is 2.50 bits per heavy atom. The molecule has 1 fully saturated rings. The number of fused-ring (bicyclic) bond motifs is 1. The molecule has 2 amide bonds. The minimum Gasteiger partial charge on any atom is -0.491 e. The minimum absolute atomic E-state index is 0.0229. The Morgan fingerprint density at radius 2 is 1.82 bits per heavy atom. The van der Waals surface area contributed by atoms with Crippen molar-refractivity contribution in [3.05, 3.63) is 29.3 Å². The summed E-state index contributed by atoms with van der Waals surface area (Å²) in [7, 11) is 0. The average Bonchev–Trinajstić information content (AvgIpc) is 2.73. The van der Waals surface area contributed by atoms with Crippen molar-refractivity contribution >= 4 is 11.8 Å². The molecule has 1 saturated heterocycles. The molecule has 2 heterocycles. The first-order valence-electron chi connectivity index (χ1n) is 7.53. The van der Waals surface area contributed by atoms with Gasteiger partial charge in [0.1, 0.15) is 5.75 Å². The van der Waals surface area contributed by atoms with Crippen molar-refractivity contribution in [3.63, 3.8) is 0 Å². The number of carbonyl (C=O) groups is 2. The van der Waals surface area contributed by atoms with Crippen LogP contribution in [0.1, 0.15) is 34.6 Å². The lowest BCUT2D eigenvalue weighted by atomic mass is 10.1. The van der Waals surface area contributed by atoms with Crippen molar-refractivity contribution in [2.75, 3.05) is 33.0 Å². The third-order valence-corrected chi connectivity index (χ3v) is 3.76. The highest BCUT2D eigenvalue weighted by Crippen LogP contribution is 2.27. The molecule has 1 aromatic carbocycles. The Bertz CT molecular complexity index is 594. The third-order valence-electron chi connectivity index (χ3n) is 3.76. The highest BCUT2D eigenvalue weighted by molar-refractivity contribution is 6.21. The molecule has 1 aromatic rings. The standard InChI is InChI=1S/C16H20N2O4/c1-11(2)22-12-3-4-13-14(9-12)16(20)18(15(13)19)10-17-5-7-21-8-6-17/h3-4,9,11H,5-8,10H2,1-2H3. The summed E-state index contributed by atoms with van der Waals surface area (Å²) in [6.45, 7) is 6.89. The van der Waals surface area contributed by atoms with E-state index in [1.54, 1.807) is 18.2 Å². The Morgan fingerprint density at radius 1 is 1.14 bits per heavy atom. The van der Waals surface area contributed by atoms with Gasteiger partial charge in [0.2, 0.25) is 0 Å². The fourth-order valence-electron chi connectivity index (χ4n) is 2.69. The van der Waals surface area contributed by atoms with Gasteiger partial charge in [0.25, 0.3) is 11.8 Å². The molecule has 118 valence electrons. The van der Waals surface area contributed by atoms with Crippen LogP contribution in [0.15, 0.2) is 18.2 Å². The smallest absolute Gasteiger partial charge is 0.262 e. The summed E-state index contributed by atoms with van der Waals surface area (Å²) < 4.78 is 10.9. The monoisotopic (exact) mass is 304 g/mol. The van der Waals surface area contributed by atoms with Crippen molar-refractivity contribution in [2.45, 2.75) is 20.0 Å². The lowest BCUT2D eigenvalue weighted by Gasteiger charge is -2.29. The zero-order valence-electron chi connectivity index (χ0n) is 12.9.